The molecule has 0 saturated heterocycles. The van der Waals surface area contributed by atoms with Crippen molar-refractivity contribution in [1.29, 1.82) is 0 Å². The number of nitrogens with one attached hydrogen (secondary N) is 1. The first-order chi connectivity index (χ1) is 11.3. The van der Waals surface area contributed by atoms with Crippen LogP contribution in [0.2, 0.25) is 10.0 Å². The number of aryl methyl sites for hydroxylation is 2. The fourth-order valence-corrected chi connectivity index (χ4v) is 2.67. The van der Waals surface area contributed by atoms with E-state index in [0.717, 1.165) is 11.1 Å². The summed E-state index contributed by atoms with van der Waals surface area (Å²) in [5.41, 5.74) is 2.17. The zero-order valence-electron chi connectivity index (χ0n) is 13.0. The van der Waals surface area contributed by atoms with Gasteiger partial charge in [-0.15, -0.1) is 0 Å². The molecule has 0 unspecified atom stereocenters. The van der Waals surface area contributed by atoms with E-state index >= 15 is 0 Å². The van der Waals surface area contributed by atoms with Gasteiger partial charge in [0.1, 0.15) is 11.3 Å². The molecule has 0 atom stereocenters. The van der Waals surface area contributed by atoms with Crippen molar-refractivity contribution >= 4 is 40.8 Å². The third kappa shape index (κ3) is 4.40. The van der Waals surface area contributed by atoms with Gasteiger partial charge in [-0.1, -0.05) is 29.3 Å². The molecule has 0 aromatic heterocycles. The van der Waals surface area contributed by atoms with Crippen LogP contribution in [-0.4, -0.2) is 23.6 Å². The minimum Gasteiger partial charge on any atom is -0.507 e. The van der Waals surface area contributed by atoms with E-state index in [1.165, 1.54) is 18.2 Å². The lowest BCUT2D eigenvalue weighted by atomic mass is 10.1. The molecule has 24 heavy (non-hydrogen) atoms. The molecule has 0 radical (unpaired) electrons. The van der Waals surface area contributed by atoms with Crippen LogP contribution in [-0.2, 0) is 9.53 Å². The molecule has 0 aliphatic heterocycles. The molecule has 0 saturated carbocycles. The van der Waals surface area contributed by atoms with Gasteiger partial charge in [-0.3, -0.25) is 4.79 Å². The quantitative estimate of drug-likeness (QED) is 0.797. The zero-order valence-corrected chi connectivity index (χ0v) is 14.5. The Kier molecular flexibility index (Phi) is 5.70. The number of amides is 1. The van der Waals surface area contributed by atoms with Crippen molar-refractivity contribution in [3.8, 4) is 5.75 Å². The van der Waals surface area contributed by atoms with Crippen molar-refractivity contribution in [2.24, 2.45) is 0 Å². The number of hydrogen-bond acceptors (Lipinski definition) is 4. The predicted molar refractivity (Wildman–Crippen MR) is 93.0 cm³/mol. The minimum atomic E-state index is -0.828. The van der Waals surface area contributed by atoms with Crippen molar-refractivity contribution in [2.45, 2.75) is 13.8 Å². The lowest BCUT2D eigenvalue weighted by Crippen LogP contribution is -2.21. The molecule has 2 rings (SSSR count). The van der Waals surface area contributed by atoms with Gasteiger partial charge in [-0.25, -0.2) is 4.79 Å². The summed E-state index contributed by atoms with van der Waals surface area (Å²) in [7, 11) is 0. The SMILES string of the molecule is Cc1cc(C)c(NC(=O)COC(=O)c2ccc(Cl)cc2O)c(Cl)c1. The number of esters is 1. The van der Waals surface area contributed by atoms with Crippen molar-refractivity contribution in [2.75, 3.05) is 11.9 Å². The number of hydrogen-bond donors (Lipinski definition) is 2. The number of ether oxygens (including phenoxy) is 1. The third-order valence-electron chi connectivity index (χ3n) is 3.21. The number of carbonyl (C=O) groups excluding carboxylic acids is 2. The maximum atomic E-state index is 11.9. The number of anilines is 1. The van der Waals surface area contributed by atoms with Gasteiger partial charge in [0.2, 0.25) is 0 Å². The van der Waals surface area contributed by atoms with Gasteiger partial charge in [0.15, 0.2) is 6.61 Å². The summed E-state index contributed by atoms with van der Waals surface area (Å²) in [6, 6.07) is 7.57. The van der Waals surface area contributed by atoms with Crippen LogP contribution in [0.25, 0.3) is 0 Å². The van der Waals surface area contributed by atoms with Crippen molar-refractivity contribution in [3.05, 3.63) is 57.1 Å². The Morgan fingerprint density at radius 1 is 1.17 bits per heavy atom. The van der Waals surface area contributed by atoms with Crippen LogP contribution < -0.4 is 5.32 Å². The van der Waals surface area contributed by atoms with Crippen molar-refractivity contribution < 1.29 is 19.4 Å². The van der Waals surface area contributed by atoms with Crippen LogP contribution in [0.3, 0.4) is 0 Å². The number of benzene rings is 2. The molecule has 2 aromatic rings. The number of phenols is 1. The van der Waals surface area contributed by atoms with E-state index in [-0.39, 0.29) is 16.3 Å². The van der Waals surface area contributed by atoms with Gasteiger partial charge in [-0.2, -0.15) is 0 Å². The van der Waals surface area contributed by atoms with E-state index in [4.69, 9.17) is 27.9 Å². The molecule has 0 fully saturated rings. The molecule has 2 aromatic carbocycles. The molecule has 7 heteroatoms. The minimum absolute atomic E-state index is 0.0725. The summed E-state index contributed by atoms with van der Waals surface area (Å²) in [4.78, 5) is 23.8. The van der Waals surface area contributed by atoms with Gasteiger partial charge in [0.25, 0.3) is 5.91 Å². The normalized spacial score (nSPS) is 10.3. The second-order valence-electron chi connectivity index (χ2n) is 5.22. The van der Waals surface area contributed by atoms with Crippen LogP contribution in [0, 0.1) is 13.8 Å². The maximum absolute atomic E-state index is 11.9. The van der Waals surface area contributed by atoms with E-state index in [9.17, 15) is 14.7 Å². The Morgan fingerprint density at radius 3 is 2.50 bits per heavy atom. The van der Waals surface area contributed by atoms with Gasteiger partial charge in [0, 0.05) is 5.02 Å². The molecule has 0 aliphatic carbocycles. The topological polar surface area (TPSA) is 75.6 Å². The largest absolute Gasteiger partial charge is 0.507 e. The first-order valence-electron chi connectivity index (χ1n) is 7.00. The summed E-state index contributed by atoms with van der Waals surface area (Å²) in [5.74, 6) is -1.68. The van der Waals surface area contributed by atoms with E-state index in [1.807, 2.05) is 19.9 Å². The number of phenolic OH excluding ortho intramolecular Hbond substituents is 1. The average molecular weight is 368 g/mol. The van der Waals surface area contributed by atoms with E-state index in [0.29, 0.717) is 10.7 Å². The van der Waals surface area contributed by atoms with E-state index < -0.39 is 18.5 Å². The fraction of sp³-hybridized carbons (Fsp3) is 0.176. The van der Waals surface area contributed by atoms with Crippen LogP contribution >= 0.6 is 23.2 Å². The molecule has 0 aliphatic rings. The molecule has 0 heterocycles. The summed E-state index contributed by atoms with van der Waals surface area (Å²) in [5, 5.41) is 13.0. The van der Waals surface area contributed by atoms with Gasteiger partial charge in [0.05, 0.1) is 10.7 Å². The highest BCUT2D eigenvalue weighted by molar-refractivity contribution is 6.34. The zero-order chi connectivity index (χ0) is 17.9. The fourth-order valence-electron chi connectivity index (χ4n) is 2.14. The monoisotopic (exact) mass is 367 g/mol. The molecule has 1 amide bonds. The molecule has 5 nitrogen and oxygen atoms in total. The lowest BCUT2D eigenvalue weighted by Gasteiger charge is -2.12. The smallest absolute Gasteiger partial charge is 0.342 e. The average Bonchev–Trinajstić information content (AvgIpc) is 2.48. The lowest BCUT2D eigenvalue weighted by molar-refractivity contribution is -0.119. The number of halogens is 2. The van der Waals surface area contributed by atoms with E-state index in [2.05, 4.69) is 5.32 Å². The third-order valence-corrected chi connectivity index (χ3v) is 3.74. The van der Waals surface area contributed by atoms with Crippen molar-refractivity contribution in [3.63, 3.8) is 0 Å². The van der Waals surface area contributed by atoms with Crippen LogP contribution in [0.5, 0.6) is 5.75 Å². The highest BCUT2D eigenvalue weighted by atomic mass is 35.5. The van der Waals surface area contributed by atoms with Crippen LogP contribution in [0.15, 0.2) is 30.3 Å². The summed E-state index contributed by atoms with van der Waals surface area (Å²) >= 11 is 11.8. The molecule has 126 valence electrons. The summed E-state index contributed by atoms with van der Waals surface area (Å²) in [6.07, 6.45) is 0. The molecule has 2 N–H and O–H groups in total. The first-order valence-corrected chi connectivity index (χ1v) is 7.75. The Hall–Kier alpha value is -2.24. The van der Waals surface area contributed by atoms with Gasteiger partial charge in [-0.05, 0) is 49.2 Å². The Bertz CT molecular complexity index is 782. The highest BCUT2D eigenvalue weighted by Crippen LogP contribution is 2.27. The standard InChI is InChI=1S/C17H15Cl2NO4/c1-9-5-10(2)16(13(19)6-9)20-15(22)8-24-17(23)12-4-3-11(18)7-14(12)21/h3-7,21H,8H2,1-2H3,(H,20,22). The maximum Gasteiger partial charge on any atom is 0.342 e. The molecule has 0 spiro atoms. The molecular formula is C17H15Cl2NO4. The highest BCUT2D eigenvalue weighted by Gasteiger charge is 2.16. The van der Waals surface area contributed by atoms with Gasteiger partial charge < -0.3 is 15.2 Å². The van der Waals surface area contributed by atoms with Crippen LogP contribution in [0.4, 0.5) is 5.69 Å². The summed E-state index contributed by atoms with van der Waals surface area (Å²) < 4.78 is 4.89. The number of rotatable bonds is 4. The Morgan fingerprint density at radius 2 is 1.88 bits per heavy atom. The molecule has 0 bridgehead atoms. The second kappa shape index (κ2) is 7.55. The predicted octanol–water partition coefficient (Wildman–Crippen LogP) is 4.11. The number of aromatic hydroxyl groups is 1. The van der Waals surface area contributed by atoms with Gasteiger partial charge >= 0.3 is 5.97 Å². The van der Waals surface area contributed by atoms with E-state index in [1.54, 1.807) is 6.07 Å². The molecular weight excluding hydrogens is 353 g/mol. The number of carbonyl (C=O) groups is 2. The van der Waals surface area contributed by atoms with Crippen molar-refractivity contribution in [1.82, 2.24) is 0 Å². The summed E-state index contributed by atoms with van der Waals surface area (Å²) in [6.45, 7) is 3.20. The second-order valence-corrected chi connectivity index (χ2v) is 6.07. The first kappa shape index (κ1) is 18.1. The van der Waals surface area contributed by atoms with Crippen LogP contribution in [0.1, 0.15) is 21.5 Å². The Labute approximate surface area is 149 Å². The Balaban J connectivity index is 2.00.